The lowest BCUT2D eigenvalue weighted by molar-refractivity contribution is 0.103. The molecule has 3 aromatic rings. The molecule has 1 aromatic carbocycles. The first kappa shape index (κ1) is 14.7. The van der Waals surface area contributed by atoms with E-state index in [2.05, 4.69) is 10.3 Å². The summed E-state index contributed by atoms with van der Waals surface area (Å²) in [6.45, 7) is 0. The number of fused-ring (bicyclic) bond motifs is 1. The van der Waals surface area contributed by atoms with Gasteiger partial charge in [-0.25, -0.2) is 9.37 Å². The van der Waals surface area contributed by atoms with Gasteiger partial charge >= 0.3 is 0 Å². The number of nitrogens with zero attached hydrogens (tertiary/aromatic N) is 2. The number of anilines is 3. The second-order valence-corrected chi connectivity index (χ2v) is 5.69. The van der Waals surface area contributed by atoms with Crippen LogP contribution in [-0.4, -0.2) is 10.9 Å². The molecule has 0 unspecified atom stereocenters. The Morgan fingerprint density at radius 1 is 1.30 bits per heavy atom. The third-order valence-electron chi connectivity index (χ3n) is 3.18. The van der Waals surface area contributed by atoms with E-state index < -0.39 is 11.7 Å². The Kier molecular flexibility index (Phi) is 3.56. The van der Waals surface area contributed by atoms with Gasteiger partial charge in [-0.15, -0.1) is 11.3 Å². The molecule has 3 rings (SSSR count). The van der Waals surface area contributed by atoms with Crippen LogP contribution in [0, 0.1) is 17.1 Å². The first-order valence-corrected chi connectivity index (χ1v) is 7.26. The molecule has 0 aliphatic rings. The molecule has 0 aliphatic carbocycles. The Hall–Kier alpha value is -3.18. The number of thiophene rings is 1. The fraction of sp³-hybridized carbons (Fsp3) is 0. The second kappa shape index (κ2) is 5.55. The predicted octanol–water partition coefficient (Wildman–Crippen LogP) is 2.72. The van der Waals surface area contributed by atoms with E-state index in [4.69, 9.17) is 16.7 Å². The number of pyridine rings is 1. The zero-order chi connectivity index (χ0) is 16.6. The molecule has 5 N–H and O–H groups in total. The first-order chi connectivity index (χ1) is 11.0. The molecule has 0 fully saturated rings. The van der Waals surface area contributed by atoms with E-state index in [1.54, 1.807) is 0 Å². The molecule has 0 atom stereocenters. The maximum atomic E-state index is 12.9. The molecule has 0 aliphatic heterocycles. The molecule has 1 amide bonds. The van der Waals surface area contributed by atoms with Crippen molar-refractivity contribution >= 4 is 44.7 Å². The van der Waals surface area contributed by atoms with Gasteiger partial charge in [-0.2, -0.15) is 5.26 Å². The fourth-order valence-corrected chi connectivity index (χ4v) is 3.01. The third kappa shape index (κ3) is 2.65. The van der Waals surface area contributed by atoms with Gasteiger partial charge < -0.3 is 16.8 Å². The Morgan fingerprint density at radius 3 is 2.65 bits per heavy atom. The molecular formula is C15H10FN5OS. The number of carbonyl (C=O) groups excluding carboxylic acids is 1. The van der Waals surface area contributed by atoms with Crippen LogP contribution in [-0.2, 0) is 0 Å². The molecular weight excluding hydrogens is 317 g/mol. The maximum absolute atomic E-state index is 12.9. The van der Waals surface area contributed by atoms with Crippen molar-refractivity contribution in [3.05, 3.63) is 46.6 Å². The lowest BCUT2D eigenvalue weighted by atomic mass is 10.2. The van der Waals surface area contributed by atoms with Gasteiger partial charge in [0.25, 0.3) is 5.91 Å². The smallest absolute Gasteiger partial charge is 0.267 e. The molecule has 0 bridgehead atoms. The van der Waals surface area contributed by atoms with Crippen LogP contribution in [0.2, 0.25) is 0 Å². The highest BCUT2D eigenvalue weighted by Crippen LogP contribution is 2.34. The summed E-state index contributed by atoms with van der Waals surface area (Å²) >= 11 is 1.08. The number of nitrogens with two attached hydrogens (primary N) is 2. The van der Waals surface area contributed by atoms with Crippen molar-refractivity contribution in [2.75, 3.05) is 16.8 Å². The van der Waals surface area contributed by atoms with Crippen LogP contribution in [0.4, 0.5) is 21.6 Å². The van der Waals surface area contributed by atoms with Crippen molar-refractivity contribution < 1.29 is 9.18 Å². The Balaban J connectivity index is 1.99. The highest BCUT2D eigenvalue weighted by Gasteiger charge is 2.19. The highest BCUT2D eigenvalue weighted by atomic mass is 32.1. The number of hydrogen-bond acceptors (Lipinski definition) is 6. The van der Waals surface area contributed by atoms with Crippen molar-refractivity contribution in [2.24, 2.45) is 0 Å². The van der Waals surface area contributed by atoms with Crippen molar-refractivity contribution in [1.82, 2.24) is 4.98 Å². The van der Waals surface area contributed by atoms with E-state index in [1.807, 2.05) is 6.07 Å². The van der Waals surface area contributed by atoms with E-state index in [-0.39, 0.29) is 21.9 Å². The molecule has 0 saturated carbocycles. The molecule has 2 heterocycles. The monoisotopic (exact) mass is 327 g/mol. The Bertz CT molecular complexity index is 959. The van der Waals surface area contributed by atoms with Crippen LogP contribution in [0.5, 0.6) is 0 Å². The molecule has 114 valence electrons. The minimum Gasteiger partial charge on any atom is -0.397 e. The van der Waals surface area contributed by atoms with Crippen molar-refractivity contribution in [3.8, 4) is 6.07 Å². The van der Waals surface area contributed by atoms with Gasteiger partial charge in [0.15, 0.2) is 0 Å². The second-order valence-electron chi connectivity index (χ2n) is 4.69. The number of benzene rings is 1. The molecule has 0 spiro atoms. The van der Waals surface area contributed by atoms with Crippen LogP contribution in [0.15, 0.2) is 30.3 Å². The van der Waals surface area contributed by atoms with Crippen LogP contribution in [0.1, 0.15) is 15.2 Å². The summed E-state index contributed by atoms with van der Waals surface area (Å²) in [6.07, 6.45) is 0. The average Bonchev–Trinajstić information content (AvgIpc) is 2.85. The standard InChI is InChI=1S/C15H10FN5OS/c16-8-1-3-9(4-2-8)20-14(22)12-11(18)10-5-7(6-17)13(19)21-15(10)23-12/h1-5H,18H2,(H2,19,21)(H,20,22). The summed E-state index contributed by atoms with van der Waals surface area (Å²) in [5.41, 5.74) is 12.5. The number of aromatic nitrogens is 1. The topological polar surface area (TPSA) is 118 Å². The molecule has 6 nitrogen and oxygen atoms in total. The van der Waals surface area contributed by atoms with E-state index in [9.17, 15) is 9.18 Å². The number of rotatable bonds is 2. The number of hydrogen-bond donors (Lipinski definition) is 3. The van der Waals surface area contributed by atoms with Crippen molar-refractivity contribution in [1.29, 1.82) is 5.26 Å². The predicted molar refractivity (Wildman–Crippen MR) is 87.5 cm³/mol. The van der Waals surface area contributed by atoms with Crippen LogP contribution < -0.4 is 16.8 Å². The van der Waals surface area contributed by atoms with Crippen LogP contribution in [0.3, 0.4) is 0 Å². The minimum atomic E-state index is -0.436. The quantitative estimate of drug-likeness (QED) is 0.669. The third-order valence-corrected chi connectivity index (χ3v) is 4.29. The zero-order valence-electron chi connectivity index (χ0n) is 11.6. The van der Waals surface area contributed by atoms with Gasteiger partial charge in [0, 0.05) is 11.1 Å². The Morgan fingerprint density at radius 2 is 2.00 bits per heavy atom. The van der Waals surface area contributed by atoms with Gasteiger partial charge in [-0.1, -0.05) is 0 Å². The first-order valence-electron chi connectivity index (χ1n) is 6.45. The molecule has 23 heavy (non-hydrogen) atoms. The summed E-state index contributed by atoms with van der Waals surface area (Å²) < 4.78 is 12.9. The number of nitrogen functional groups attached to an aromatic ring is 2. The van der Waals surface area contributed by atoms with Gasteiger partial charge in [0.2, 0.25) is 0 Å². The maximum Gasteiger partial charge on any atom is 0.267 e. The van der Waals surface area contributed by atoms with E-state index in [0.29, 0.717) is 15.9 Å². The van der Waals surface area contributed by atoms with Gasteiger partial charge in [-0.3, -0.25) is 4.79 Å². The fourth-order valence-electron chi connectivity index (χ4n) is 2.03. The average molecular weight is 327 g/mol. The number of nitriles is 1. The largest absolute Gasteiger partial charge is 0.397 e. The van der Waals surface area contributed by atoms with E-state index in [1.165, 1.54) is 30.3 Å². The summed E-state index contributed by atoms with van der Waals surface area (Å²) in [7, 11) is 0. The van der Waals surface area contributed by atoms with Crippen molar-refractivity contribution in [3.63, 3.8) is 0 Å². The normalized spacial score (nSPS) is 10.4. The minimum absolute atomic E-state index is 0.0896. The molecule has 0 radical (unpaired) electrons. The lowest BCUT2D eigenvalue weighted by Gasteiger charge is -2.04. The zero-order valence-corrected chi connectivity index (χ0v) is 12.4. The molecule has 2 aromatic heterocycles. The summed E-state index contributed by atoms with van der Waals surface area (Å²) in [4.78, 5) is 17.2. The van der Waals surface area contributed by atoms with Crippen LogP contribution >= 0.6 is 11.3 Å². The number of amides is 1. The lowest BCUT2D eigenvalue weighted by Crippen LogP contribution is -2.11. The summed E-state index contributed by atoms with van der Waals surface area (Å²) in [6, 6.07) is 8.81. The number of nitrogens with one attached hydrogen (secondary N) is 1. The van der Waals surface area contributed by atoms with Crippen molar-refractivity contribution in [2.45, 2.75) is 0 Å². The summed E-state index contributed by atoms with van der Waals surface area (Å²) in [5, 5.41) is 12.1. The van der Waals surface area contributed by atoms with E-state index >= 15 is 0 Å². The SMILES string of the molecule is N#Cc1cc2c(N)c(C(=O)Nc3ccc(F)cc3)sc2nc1N. The summed E-state index contributed by atoms with van der Waals surface area (Å²) in [5.74, 6) is -0.742. The Labute approximate surface area is 134 Å². The highest BCUT2D eigenvalue weighted by molar-refractivity contribution is 7.21. The van der Waals surface area contributed by atoms with Gasteiger partial charge in [0.05, 0.1) is 11.3 Å². The van der Waals surface area contributed by atoms with E-state index in [0.717, 1.165) is 11.3 Å². The van der Waals surface area contributed by atoms with Gasteiger partial charge in [0.1, 0.15) is 27.4 Å². The molecule has 0 saturated heterocycles. The van der Waals surface area contributed by atoms with Gasteiger partial charge in [-0.05, 0) is 30.3 Å². The number of halogens is 1. The molecule has 8 heteroatoms. The van der Waals surface area contributed by atoms with Crippen LogP contribution in [0.25, 0.3) is 10.2 Å². The number of carbonyl (C=O) groups is 1.